The first-order valence-corrected chi connectivity index (χ1v) is 13.1. The molecule has 0 heterocycles. The van der Waals surface area contributed by atoms with Gasteiger partial charge in [0.15, 0.2) is 6.29 Å². The first kappa shape index (κ1) is 28.2. The molecule has 8 heteroatoms. The molecule has 4 aromatic rings. The van der Waals surface area contributed by atoms with Gasteiger partial charge in [-0.25, -0.2) is 0 Å². The minimum Gasteiger partial charge on any atom is -0.506 e. The predicted octanol–water partition coefficient (Wildman–Crippen LogP) is 5.72. The van der Waals surface area contributed by atoms with Crippen LogP contribution in [0.3, 0.4) is 0 Å². The topological polar surface area (TPSA) is 114 Å². The van der Waals surface area contributed by atoms with Gasteiger partial charge >= 0.3 is 0 Å². The van der Waals surface area contributed by atoms with Crippen molar-refractivity contribution in [2.24, 2.45) is 0 Å². The van der Waals surface area contributed by atoms with Gasteiger partial charge in [0.05, 0.1) is 12.2 Å². The zero-order chi connectivity index (χ0) is 28.6. The molecule has 8 nitrogen and oxygen atoms in total. The van der Waals surface area contributed by atoms with Gasteiger partial charge in [0.2, 0.25) is 0 Å². The molecule has 0 unspecified atom stereocenters. The lowest BCUT2D eigenvalue weighted by atomic mass is 9.99. The molecule has 0 saturated carbocycles. The third-order valence-corrected chi connectivity index (χ3v) is 6.38. The minimum absolute atomic E-state index is 0.0323. The molecule has 0 atom stereocenters. The van der Waals surface area contributed by atoms with Gasteiger partial charge in [-0.05, 0) is 69.2 Å². The highest BCUT2D eigenvalue weighted by Crippen LogP contribution is 2.39. The average Bonchev–Trinajstić information content (AvgIpc) is 2.95. The van der Waals surface area contributed by atoms with E-state index in [-0.39, 0.29) is 23.0 Å². The molecule has 0 bridgehead atoms. The van der Waals surface area contributed by atoms with Gasteiger partial charge in [0, 0.05) is 35.0 Å². The Morgan fingerprint density at radius 3 is 2.40 bits per heavy atom. The number of ether oxygens (including phenoxy) is 2. The molecule has 0 fully saturated rings. The van der Waals surface area contributed by atoms with E-state index < -0.39 is 5.91 Å². The fourth-order valence-corrected chi connectivity index (χ4v) is 4.39. The number of aryl methyl sites for hydroxylation is 2. The fraction of sp³-hybridized carbons (Fsp3) is 0.219. The number of hydrogen-bond donors (Lipinski definition) is 3. The Hall–Kier alpha value is -4.85. The van der Waals surface area contributed by atoms with Crippen LogP contribution in [-0.2, 0) is 0 Å². The Morgan fingerprint density at radius 2 is 1.70 bits per heavy atom. The number of phenolic OH excluding ortho intramolecular Hbond substituents is 1. The van der Waals surface area contributed by atoms with Crippen molar-refractivity contribution >= 4 is 28.9 Å². The Balaban J connectivity index is 1.43. The van der Waals surface area contributed by atoms with Crippen LogP contribution in [0, 0.1) is 13.8 Å². The van der Waals surface area contributed by atoms with Crippen molar-refractivity contribution in [1.82, 2.24) is 10.6 Å². The smallest absolute Gasteiger partial charge is 0.255 e. The molecule has 0 aliphatic carbocycles. The van der Waals surface area contributed by atoms with Crippen LogP contribution in [0.4, 0.5) is 0 Å². The predicted molar refractivity (Wildman–Crippen MR) is 154 cm³/mol. The summed E-state index contributed by atoms with van der Waals surface area (Å²) in [5.41, 5.74) is 3.05. The van der Waals surface area contributed by atoms with Crippen molar-refractivity contribution in [3.8, 4) is 23.0 Å². The second-order valence-corrected chi connectivity index (χ2v) is 9.37. The van der Waals surface area contributed by atoms with Gasteiger partial charge < -0.3 is 25.2 Å². The number of amides is 2. The van der Waals surface area contributed by atoms with E-state index in [2.05, 4.69) is 16.7 Å². The van der Waals surface area contributed by atoms with Crippen LogP contribution in [0.5, 0.6) is 23.0 Å². The summed E-state index contributed by atoms with van der Waals surface area (Å²) in [6.45, 7) is 7.13. The maximum absolute atomic E-state index is 12.6. The van der Waals surface area contributed by atoms with E-state index >= 15 is 0 Å². The molecule has 0 aliphatic rings. The van der Waals surface area contributed by atoms with Crippen molar-refractivity contribution < 1.29 is 29.0 Å². The summed E-state index contributed by atoms with van der Waals surface area (Å²) in [6, 6.07) is 18.8. The van der Waals surface area contributed by atoms with Gasteiger partial charge in [-0.1, -0.05) is 35.9 Å². The molecule has 0 saturated heterocycles. The monoisotopic (exact) mass is 540 g/mol. The van der Waals surface area contributed by atoms with E-state index in [0.717, 1.165) is 11.3 Å². The van der Waals surface area contributed by atoms with Crippen molar-refractivity contribution in [1.29, 1.82) is 0 Å². The van der Waals surface area contributed by atoms with Crippen LogP contribution in [0.15, 0.2) is 66.7 Å². The number of hydrogen-bond acceptors (Lipinski definition) is 6. The van der Waals surface area contributed by atoms with Crippen molar-refractivity contribution in [2.45, 2.75) is 27.2 Å². The first-order valence-electron chi connectivity index (χ1n) is 13.1. The van der Waals surface area contributed by atoms with Crippen LogP contribution in [0.25, 0.3) is 10.8 Å². The summed E-state index contributed by atoms with van der Waals surface area (Å²) < 4.78 is 11.9. The third-order valence-electron chi connectivity index (χ3n) is 6.38. The van der Waals surface area contributed by atoms with Gasteiger partial charge in [0.25, 0.3) is 11.8 Å². The van der Waals surface area contributed by atoms with Crippen LogP contribution >= 0.6 is 0 Å². The number of carbonyl (C=O) groups is 3. The Morgan fingerprint density at radius 1 is 0.925 bits per heavy atom. The summed E-state index contributed by atoms with van der Waals surface area (Å²) in [4.78, 5) is 36.9. The van der Waals surface area contributed by atoms with Crippen molar-refractivity contribution in [3.63, 3.8) is 0 Å². The molecular formula is C32H32N2O6. The SMILES string of the molecule is CCNC(=O)c1cc(Oc2ccc(C(=O)NCCCOc3ccc(C)cc3C)cc2)c2c(C=O)cccc2c1O. The lowest BCUT2D eigenvalue weighted by Gasteiger charge is -2.15. The summed E-state index contributed by atoms with van der Waals surface area (Å²) in [6.07, 6.45) is 1.32. The first-order chi connectivity index (χ1) is 19.3. The second kappa shape index (κ2) is 12.8. The molecule has 3 N–H and O–H groups in total. The molecule has 0 aromatic heterocycles. The van der Waals surface area contributed by atoms with E-state index in [1.54, 1.807) is 49.4 Å². The molecule has 206 valence electrons. The van der Waals surface area contributed by atoms with Gasteiger partial charge in [0.1, 0.15) is 23.0 Å². The number of nitrogens with one attached hydrogen (secondary N) is 2. The number of aromatic hydroxyl groups is 1. The molecule has 0 radical (unpaired) electrons. The van der Waals surface area contributed by atoms with E-state index in [1.165, 1.54) is 11.6 Å². The third kappa shape index (κ3) is 6.40. The summed E-state index contributed by atoms with van der Waals surface area (Å²) in [5.74, 6) is 0.547. The maximum atomic E-state index is 12.6. The number of aldehydes is 1. The normalized spacial score (nSPS) is 10.7. The molecule has 4 aromatic carbocycles. The van der Waals surface area contributed by atoms with Gasteiger partial charge in [-0.2, -0.15) is 0 Å². The zero-order valence-electron chi connectivity index (χ0n) is 22.7. The highest BCUT2D eigenvalue weighted by Gasteiger charge is 2.20. The maximum Gasteiger partial charge on any atom is 0.255 e. The van der Waals surface area contributed by atoms with E-state index in [0.29, 0.717) is 60.1 Å². The summed E-state index contributed by atoms with van der Waals surface area (Å²) in [7, 11) is 0. The Labute approximate surface area is 232 Å². The highest BCUT2D eigenvalue weighted by atomic mass is 16.5. The number of carbonyl (C=O) groups excluding carboxylic acids is 3. The Kier molecular flexibility index (Phi) is 9.01. The van der Waals surface area contributed by atoms with E-state index in [1.807, 2.05) is 26.0 Å². The van der Waals surface area contributed by atoms with Crippen LogP contribution < -0.4 is 20.1 Å². The zero-order valence-corrected chi connectivity index (χ0v) is 22.7. The quantitative estimate of drug-likeness (QED) is 0.166. The standard InChI is InChI=1S/C32H32N2O6/c1-4-33-32(38)26-18-28(29-23(19-35)7-5-8-25(29)30(26)36)40-24-12-10-22(11-13-24)31(37)34-15-6-16-39-27-14-9-20(2)17-21(27)3/h5,7-14,17-19,36H,4,6,15-16H2,1-3H3,(H,33,38)(H,34,37). The summed E-state index contributed by atoms with van der Waals surface area (Å²) in [5, 5.41) is 17.0. The highest BCUT2D eigenvalue weighted by molar-refractivity contribution is 6.10. The van der Waals surface area contributed by atoms with Crippen molar-refractivity contribution in [3.05, 3.63) is 94.5 Å². The van der Waals surface area contributed by atoms with Gasteiger partial charge in [-0.15, -0.1) is 0 Å². The van der Waals surface area contributed by atoms with Crippen LogP contribution in [-0.4, -0.2) is 42.9 Å². The number of rotatable bonds is 11. The number of phenols is 1. The molecule has 0 aliphatic heterocycles. The largest absolute Gasteiger partial charge is 0.506 e. The lowest BCUT2D eigenvalue weighted by Crippen LogP contribution is -2.25. The van der Waals surface area contributed by atoms with Gasteiger partial charge in [-0.3, -0.25) is 14.4 Å². The summed E-state index contributed by atoms with van der Waals surface area (Å²) >= 11 is 0. The molecular weight excluding hydrogens is 508 g/mol. The molecule has 0 spiro atoms. The minimum atomic E-state index is -0.463. The van der Waals surface area contributed by atoms with Crippen molar-refractivity contribution in [2.75, 3.05) is 19.7 Å². The van der Waals surface area contributed by atoms with Crippen LogP contribution in [0.2, 0.25) is 0 Å². The van der Waals surface area contributed by atoms with E-state index in [4.69, 9.17) is 9.47 Å². The molecule has 2 amide bonds. The Bertz CT molecular complexity index is 1550. The molecule has 40 heavy (non-hydrogen) atoms. The fourth-order valence-electron chi connectivity index (χ4n) is 4.39. The number of fused-ring (bicyclic) bond motifs is 1. The lowest BCUT2D eigenvalue weighted by molar-refractivity contribution is 0.0943. The second-order valence-electron chi connectivity index (χ2n) is 9.37. The average molecular weight is 541 g/mol. The van der Waals surface area contributed by atoms with E-state index in [9.17, 15) is 19.5 Å². The molecule has 4 rings (SSSR count). The van der Waals surface area contributed by atoms with Crippen LogP contribution in [0.1, 0.15) is 55.5 Å². The number of benzene rings is 4.